The van der Waals surface area contributed by atoms with E-state index in [1.807, 2.05) is 23.6 Å². The van der Waals surface area contributed by atoms with Crippen LogP contribution >= 0.6 is 0 Å². The lowest BCUT2D eigenvalue weighted by Gasteiger charge is -2.41. The maximum atomic E-state index is 12.3. The molecular weight excluding hydrogens is 202 g/mol. The Balaban J connectivity index is 2.72. The minimum Gasteiger partial charge on any atom is -0.328 e. The van der Waals surface area contributed by atoms with Gasteiger partial charge in [-0.1, -0.05) is 6.92 Å². The molecule has 0 spiro atoms. The van der Waals surface area contributed by atoms with E-state index in [-0.39, 0.29) is 12.1 Å². The summed E-state index contributed by atoms with van der Waals surface area (Å²) in [5.41, 5.74) is 5.79. The lowest BCUT2D eigenvalue weighted by Crippen LogP contribution is -2.55. The van der Waals surface area contributed by atoms with Crippen molar-refractivity contribution in [2.45, 2.75) is 39.7 Å². The Labute approximate surface area is 98.8 Å². The molecule has 4 nitrogen and oxygen atoms in total. The van der Waals surface area contributed by atoms with Gasteiger partial charge in [-0.05, 0) is 32.6 Å². The van der Waals surface area contributed by atoms with Gasteiger partial charge < -0.3 is 15.5 Å². The van der Waals surface area contributed by atoms with E-state index in [2.05, 4.69) is 6.92 Å². The van der Waals surface area contributed by atoms with Gasteiger partial charge in [0.05, 0.1) is 0 Å². The molecule has 0 bridgehead atoms. The molecule has 0 aromatic heterocycles. The van der Waals surface area contributed by atoms with Gasteiger partial charge in [0.25, 0.3) is 0 Å². The van der Waals surface area contributed by atoms with Crippen molar-refractivity contribution in [1.82, 2.24) is 9.80 Å². The van der Waals surface area contributed by atoms with Crippen LogP contribution < -0.4 is 5.73 Å². The van der Waals surface area contributed by atoms with Crippen LogP contribution in [-0.4, -0.2) is 48.1 Å². The van der Waals surface area contributed by atoms with E-state index in [1.165, 1.54) is 6.42 Å². The molecule has 2 atom stereocenters. The van der Waals surface area contributed by atoms with E-state index in [4.69, 9.17) is 5.73 Å². The first-order valence-corrected chi connectivity index (χ1v) is 6.41. The third-order valence-electron chi connectivity index (χ3n) is 3.64. The van der Waals surface area contributed by atoms with Gasteiger partial charge in [0.15, 0.2) is 0 Å². The standard InChI is InChI=1S/C12H25N3O/c1-4-14(5-2)12(16)15-8-6-7-10(3)11(15)9-13/h10-11H,4-9,13H2,1-3H3. The average Bonchev–Trinajstić information content (AvgIpc) is 2.30. The highest BCUT2D eigenvalue weighted by atomic mass is 16.2. The summed E-state index contributed by atoms with van der Waals surface area (Å²) in [7, 11) is 0. The lowest BCUT2D eigenvalue weighted by atomic mass is 9.91. The first-order valence-electron chi connectivity index (χ1n) is 6.41. The SMILES string of the molecule is CCN(CC)C(=O)N1CCCC(C)C1CN. The van der Waals surface area contributed by atoms with Crippen LogP contribution in [0.2, 0.25) is 0 Å². The van der Waals surface area contributed by atoms with E-state index in [0.717, 1.165) is 26.1 Å². The smallest absolute Gasteiger partial charge is 0.320 e. The van der Waals surface area contributed by atoms with Gasteiger partial charge in [-0.15, -0.1) is 0 Å². The zero-order chi connectivity index (χ0) is 12.1. The summed E-state index contributed by atoms with van der Waals surface area (Å²) >= 11 is 0. The van der Waals surface area contributed by atoms with E-state index in [9.17, 15) is 4.79 Å². The van der Waals surface area contributed by atoms with Gasteiger partial charge in [-0.2, -0.15) is 0 Å². The quantitative estimate of drug-likeness (QED) is 0.794. The summed E-state index contributed by atoms with van der Waals surface area (Å²) in [6.07, 6.45) is 2.29. The number of hydrogen-bond acceptors (Lipinski definition) is 2. The minimum absolute atomic E-state index is 0.159. The largest absolute Gasteiger partial charge is 0.328 e. The Morgan fingerprint density at radius 1 is 1.44 bits per heavy atom. The molecule has 0 saturated carbocycles. The van der Waals surface area contributed by atoms with Gasteiger partial charge in [-0.25, -0.2) is 4.79 Å². The zero-order valence-corrected chi connectivity index (χ0v) is 10.8. The van der Waals surface area contributed by atoms with E-state index in [0.29, 0.717) is 12.5 Å². The van der Waals surface area contributed by atoms with E-state index in [1.54, 1.807) is 0 Å². The molecule has 1 heterocycles. The van der Waals surface area contributed by atoms with Gasteiger partial charge in [0, 0.05) is 32.2 Å². The van der Waals surface area contributed by atoms with Gasteiger partial charge in [-0.3, -0.25) is 0 Å². The summed E-state index contributed by atoms with van der Waals surface area (Å²) in [6.45, 7) is 9.22. The van der Waals surface area contributed by atoms with E-state index < -0.39 is 0 Å². The van der Waals surface area contributed by atoms with Crippen molar-refractivity contribution >= 4 is 6.03 Å². The van der Waals surface area contributed by atoms with Crippen molar-refractivity contribution in [3.63, 3.8) is 0 Å². The Bertz CT molecular complexity index is 228. The molecule has 0 aromatic rings. The maximum absolute atomic E-state index is 12.3. The lowest BCUT2D eigenvalue weighted by molar-refractivity contribution is 0.0969. The molecule has 4 heteroatoms. The van der Waals surface area contributed by atoms with Crippen molar-refractivity contribution in [1.29, 1.82) is 0 Å². The summed E-state index contributed by atoms with van der Waals surface area (Å²) in [6, 6.07) is 0.383. The molecule has 94 valence electrons. The Morgan fingerprint density at radius 3 is 2.56 bits per heavy atom. The predicted octanol–water partition coefficient (Wildman–Crippen LogP) is 1.51. The minimum atomic E-state index is 0.159. The van der Waals surface area contributed by atoms with Gasteiger partial charge in [0.2, 0.25) is 0 Å². The molecule has 1 fully saturated rings. The summed E-state index contributed by atoms with van der Waals surface area (Å²) in [5.74, 6) is 0.526. The second-order valence-corrected chi connectivity index (χ2v) is 4.57. The fraction of sp³-hybridized carbons (Fsp3) is 0.917. The highest BCUT2D eigenvalue weighted by molar-refractivity contribution is 5.75. The van der Waals surface area contributed by atoms with Crippen molar-refractivity contribution in [2.24, 2.45) is 11.7 Å². The molecule has 2 unspecified atom stereocenters. The van der Waals surface area contributed by atoms with Crippen LogP contribution in [-0.2, 0) is 0 Å². The van der Waals surface area contributed by atoms with Crippen LogP contribution in [0.25, 0.3) is 0 Å². The Kier molecular flexibility index (Phi) is 5.06. The Morgan fingerprint density at radius 2 is 2.06 bits per heavy atom. The molecule has 16 heavy (non-hydrogen) atoms. The second kappa shape index (κ2) is 6.09. The summed E-state index contributed by atoms with van der Waals surface area (Å²) in [5, 5.41) is 0. The zero-order valence-electron chi connectivity index (χ0n) is 10.8. The third-order valence-corrected chi connectivity index (χ3v) is 3.64. The van der Waals surface area contributed by atoms with Crippen molar-refractivity contribution in [3.8, 4) is 0 Å². The first-order chi connectivity index (χ1) is 7.65. The highest BCUT2D eigenvalue weighted by Crippen LogP contribution is 2.23. The second-order valence-electron chi connectivity index (χ2n) is 4.57. The number of likely N-dealkylation sites (tertiary alicyclic amines) is 1. The van der Waals surface area contributed by atoms with Gasteiger partial charge in [0.1, 0.15) is 0 Å². The molecule has 0 aromatic carbocycles. The molecule has 0 radical (unpaired) electrons. The normalized spacial score (nSPS) is 25.6. The number of nitrogens with two attached hydrogens (primary N) is 1. The first kappa shape index (κ1) is 13.3. The van der Waals surface area contributed by atoms with Crippen LogP contribution in [0.4, 0.5) is 4.79 Å². The highest BCUT2D eigenvalue weighted by Gasteiger charge is 2.32. The number of piperidine rings is 1. The molecule has 1 aliphatic heterocycles. The monoisotopic (exact) mass is 227 g/mol. The molecule has 1 rings (SSSR count). The average molecular weight is 227 g/mol. The van der Waals surface area contributed by atoms with Crippen molar-refractivity contribution in [3.05, 3.63) is 0 Å². The van der Waals surface area contributed by atoms with Crippen LogP contribution in [0.1, 0.15) is 33.6 Å². The maximum Gasteiger partial charge on any atom is 0.320 e. The number of amides is 2. The molecule has 1 aliphatic rings. The molecular formula is C12H25N3O. The van der Waals surface area contributed by atoms with Crippen LogP contribution in [0.15, 0.2) is 0 Å². The third kappa shape index (κ3) is 2.67. The molecule has 0 aliphatic carbocycles. The predicted molar refractivity (Wildman–Crippen MR) is 66.3 cm³/mol. The number of carbonyl (C=O) groups excluding carboxylic acids is 1. The number of rotatable bonds is 3. The summed E-state index contributed by atoms with van der Waals surface area (Å²) in [4.78, 5) is 16.1. The number of nitrogens with zero attached hydrogens (tertiary/aromatic N) is 2. The molecule has 2 amide bonds. The number of hydrogen-bond donors (Lipinski definition) is 1. The number of carbonyl (C=O) groups is 1. The van der Waals surface area contributed by atoms with Crippen LogP contribution in [0, 0.1) is 5.92 Å². The van der Waals surface area contributed by atoms with E-state index >= 15 is 0 Å². The fourth-order valence-electron chi connectivity index (χ4n) is 2.52. The number of urea groups is 1. The van der Waals surface area contributed by atoms with Crippen LogP contribution in [0.3, 0.4) is 0 Å². The Hall–Kier alpha value is -0.770. The fourth-order valence-corrected chi connectivity index (χ4v) is 2.52. The van der Waals surface area contributed by atoms with Gasteiger partial charge >= 0.3 is 6.03 Å². The van der Waals surface area contributed by atoms with Crippen molar-refractivity contribution < 1.29 is 4.79 Å². The van der Waals surface area contributed by atoms with Crippen molar-refractivity contribution in [2.75, 3.05) is 26.2 Å². The summed E-state index contributed by atoms with van der Waals surface area (Å²) < 4.78 is 0. The molecule has 1 saturated heterocycles. The molecule has 2 N–H and O–H groups in total. The topological polar surface area (TPSA) is 49.6 Å². The van der Waals surface area contributed by atoms with Crippen LogP contribution in [0.5, 0.6) is 0 Å².